The van der Waals surface area contributed by atoms with Gasteiger partial charge in [-0.05, 0) is 17.7 Å². The fourth-order valence-corrected chi connectivity index (χ4v) is 1.94. The molecular formula is C14H13FO2. The van der Waals surface area contributed by atoms with Gasteiger partial charge < -0.3 is 4.74 Å². The topological polar surface area (TPSA) is 26.3 Å². The van der Waals surface area contributed by atoms with Gasteiger partial charge >= 0.3 is 5.97 Å². The maximum atomic E-state index is 14.5. The summed E-state index contributed by atoms with van der Waals surface area (Å²) in [5, 5.41) is 1.63. The highest BCUT2D eigenvalue weighted by Gasteiger charge is 2.37. The summed E-state index contributed by atoms with van der Waals surface area (Å²) < 4.78 is 19.0. The molecule has 0 saturated heterocycles. The molecule has 0 aromatic heterocycles. The number of hydrogen-bond donors (Lipinski definition) is 0. The molecule has 0 amide bonds. The number of rotatable bonds is 2. The van der Waals surface area contributed by atoms with Crippen LogP contribution in [-0.2, 0) is 15.2 Å². The number of benzene rings is 2. The van der Waals surface area contributed by atoms with E-state index in [1.54, 1.807) is 18.2 Å². The molecule has 2 nitrogen and oxygen atoms in total. The second kappa shape index (κ2) is 4.17. The fraction of sp³-hybridized carbons (Fsp3) is 0.214. The molecule has 17 heavy (non-hydrogen) atoms. The van der Waals surface area contributed by atoms with Crippen molar-refractivity contribution in [2.75, 3.05) is 7.11 Å². The Morgan fingerprint density at radius 3 is 2.53 bits per heavy atom. The molecule has 0 aliphatic heterocycles. The molecule has 2 rings (SSSR count). The molecule has 2 aromatic carbocycles. The third-order valence-electron chi connectivity index (χ3n) is 2.86. The molecule has 1 unspecified atom stereocenters. The van der Waals surface area contributed by atoms with Crippen molar-refractivity contribution in [3.8, 4) is 0 Å². The summed E-state index contributed by atoms with van der Waals surface area (Å²) in [7, 11) is 1.19. The van der Waals surface area contributed by atoms with Crippen molar-refractivity contribution in [3.63, 3.8) is 0 Å². The van der Waals surface area contributed by atoms with Crippen LogP contribution in [0.15, 0.2) is 42.5 Å². The minimum atomic E-state index is -2.13. The molecule has 0 bridgehead atoms. The van der Waals surface area contributed by atoms with Crippen LogP contribution >= 0.6 is 0 Å². The second-order valence-corrected chi connectivity index (χ2v) is 4.02. The standard InChI is InChI=1S/C14H13FO2/c1-14(15,13(16)17-2)12-9-5-7-10-6-3-4-8-11(10)12/h3-9H,1-2H3. The molecule has 88 valence electrons. The average molecular weight is 232 g/mol. The van der Waals surface area contributed by atoms with E-state index in [4.69, 9.17) is 0 Å². The lowest BCUT2D eigenvalue weighted by molar-refractivity contribution is -0.154. The summed E-state index contributed by atoms with van der Waals surface area (Å²) in [6.45, 7) is 1.22. The van der Waals surface area contributed by atoms with E-state index in [-0.39, 0.29) is 0 Å². The number of carbonyl (C=O) groups excluding carboxylic acids is 1. The van der Waals surface area contributed by atoms with E-state index in [0.29, 0.717) is 5.56 Å². The van der Waals surface area contributed by atoms with Crippen LogP contribution in [0.4, 0.5) is 4.39 Å². The number of esters is 1. The Morgan fingerprint density at radius 1 is 1.18 bits per heavy atom. The number of alkyl halides is 1. The van der Waals surface area contributed by atoms with Crippen molar-refractivity contribution < 1.29 is 13.9 Å². The second-order valence-electron chi connectivity index (χ2n) is 4.02. The maximum Gasteiger partial charge on any atom is 0.348 e. The first kappa shape index (κ1) is 11.6. The van der Waals surface area contributed by atoms with E-state index in [0.717, 1.165) is 10.8 Å². The smallest absolute Gasteiger partial charge is 0.348 e. The Morgan fingerprint density at radius 2 is 1.82 bits per heavy atom. The predicted octanol–water partition coefficient (Wildman–Crippen LogP) is 3.20. The summed E-state index contributed by atoms with van der Waals surface area (Å²) in [5.74, 6) is -0.881. The summed E-state index contributed by atoms with van der Waals surface area (Å²) in [6.07, 6.45) is 0. The van der Waals surface area contributed by atoms with Gasteiger partial charge in [-0.3, -0.25) is 0 Å². The lowest BCUT2D eigenvalue weighted by Gasteiger charge is -2.19. The van der Waals surface area contributed by atoms with E-state index in [1.165, 1.54) is 14.0 Å². The maximum absolute atomic E-state index is 14.5. The zero-order valence-corrected chi connectivity index (χ0v) is 9.74. The quantitative estimate of drug-likeness (QED) is 0.743. The average Bonchev–Trinajstić information content (AvgIpc) is 2.37. The van der Waals surface area contributed by atoms with Gasteiger partial charge in [0.25, 0.3) is 0 Å². The van der Waals surface area contributed by atoms with E-state index in [2.05, 4.69) is 4.74 Å². The monoisotopic (exact) mass is 232 g/mol. The van der Waals surface area contributed by atoms with E-state index in [9.17, 15) is 9.18 Å². The highest BCUT2D eigenvalue weighted by atomic mass is 19.1. The molecule has 0 heterocycles. The van der Waals surface area contributed by atoms with Gasteiger partial charge in [0.05, 0.1) is 7.11 Å². The molecule has 0 fully saturated rings. The SMILES string of the molecule is COC(=O)C(C)(F)c1cccc2ccccc12. The zero-order chi connectivity index (χ0) is 12.5. The largest absolute Gasteiger partial charge is 0.466 e. The molecule has 3 heteroatoms. The van der Waals surface area contributed by atoms with Crippen molar-refractivity contribution in [2.24, 2.45) is 0 Å². The Kier molecular flexibility index (Phi) is 2.84. The Balaban J connectivity index is 2.67. The number of hydrogen-bond acceptors (Lipinski definition) is 2. The number of carbonyl (C=O) groups is 1. The molecule has 2 aromatic rings. The Labute approximate surface area is 99.0 Å². The molecule has 1 atom stereocenters. The lowest BCUT2D eigenvalue weighted by atomic mass is 9.92. The van der Waals surface area contributed by atoms with Crippen molar-refractivity contribution >= 4 is 16.7 Å². The van der Waals surface area contributed by atoms with Crippen molar-refractivity contribution in [1.82, 2.24) is 0 Å². The van der Waals surface area contributed by atoms with Gasteiger partial charge in [-0.15, -0.1) is 0 Å². The summed E-state index contributed by atoms with van der Waals surface area (Å²) in [6, 6.07) is 12.6. The van der Waals surface area contributed by atoms with Gasteiger partial charge in [0.2, 0.25) is 5.67 Å². The van der Waals surface area contributed by atoms with Gasteiger partial charge in [-0.25, -0.2) is 9.18 Å². The van der Waals surface area contributed by atoms with Crippen LogP contribution < -0.4 is 0 Å². The third-order valence-corrected chi connectivity index (χ3v) is 2.86. The van der Waals surface area contributed by atoms with Crippen LogP contribution in [0.2, 0.25) is 0 Å². The summed E-state index contributed by atoms with van der Waals surface area (Å²) >= 11 is 0. The van der Waals surface area contributed by atoms with E-state index < -0.39 is 11.6 Å². The van der Waals surface area contributed by atoms with Gasteiger partial charge in [-0.2, -0.15) is 0 Å². The molecular weight excluding hydrogens is 219 g/mol. The van der Waals surface area contributed by atoms with Crippen LogP contribution in [0.25, 0.3) is 10.8 Å². The zero-order valence-electron chi connectivity index (χ0n) is 9.74. The highest BCUT2D eigenvalue weighted by molar-refractivity contribution is 5.92. The Hall–Kier alpha value is -1.90. The normalized spacial score (nSPS) is 14.3. The first-order valence-electron chi connectivity index (χ1n) is 5.33. The van der Waals surface area contributed by atoms with E-state index >= 15 is 0 Å². The molecule has 0 spiro atoms. The van der Waals surface area contributed by atoms with Gasteiger partial charge in [0.1, 0.15) is 0 Å². The van der Waals surface area contributed by atoms with Crippen LogP contribution in [0.5, 0.6) is 0 Å². The number of methoxy groups -OCH3 is 1. The van der Waals surface area contributed by atoms with Crippen LogP contribution in [0.3, 0.4) is 0 Å². The molecule has 0 N–H and O–H groups in total. The van der Waals surface area contributed by atoms with Crippen LogP contribution in [-0.4, -0.2) is 13.1 Å². The summed E-state index contributed by atoms with van der Waals surface area (Å²) in [5.41, 5.74) is -1.79. The Bertz CT molecular complexity index is 556. The van der Waals surface area contributed by atoms with Crippen molar-refractivity contribution in [1.29, 1.82) is 0 Å². The van der Waals surface area contributed by atoms with E-state index in [1.807, 2.05) is 24.3 Å². The van der Waals surface area contributed by atoms with Crippen LogP contribution in [0, 0.1) is 0 Å². The number of ether oxygens (including phenoxy) is 1. The van der Waals surface area contributed by atoms with Crippen molar-refractivity contribution in [2.45, 2.75) is 12.6 Å². The third kappa shape index (κ3) is 1.88. The number of halogens is 1. The molecule has 0 radical (unpaired) electrons. The predicted molar refractivity (Wildman–Crippen MR) is 64.4 cm³/mol. The molecule has 0 aliphatic rings. The lowest BCUT2D eigenvalue weighted by Crippen LogP contribution is -2.28. The van der Waals surface area contributed by atoms with Crippen LogP contribution in [0.1, 0.15) is 12.5 Å². The first-order valence-corrected chi connectivity index (χ1v) is 5.33. The minimum absolute atomic E-state index is 0.336. The highest BCUT2D eigenvalue weighted by Crippen LogP contribution is 2.32. The first-order chi connectivity index (χ1) is 8.07. The van der Waals surface area contributed by atoms with Gasteiger partial charge in [0.15, 0.2) is 0 Å². The minimum Gasteiger partial charge on any atom is -0.466 e. The van der Waals surface area contributed by atoms with Gasteiger partial charge in [0, 0.05) is 5.56 Å². The van der Waals surface area contributed by atoms with Gasteiger partial charge in [-0.1, -0.05) is 42.5 Å². The summed E-state index contributed by atoms with van der Waals surface area (Å²) in [4.78, 5) is 11.5. The molecule has 0 aliphatic carbocycles. The fourth-order valence-electron chi connectivity index (χ4n) is 1.94. The number of fused-ring (bicyclic) bond motifs is 1. The van der Waals surface area contributed by atoms with Crippen molar-refractivity contribution in [3.05, 3.63) is 48.0 Å². The molecule has 0 saturated carbocycles.